The number of nitrogens with zero attached hydrogens (tertiary/aromatic N) is 3. The maximum absolute atomic E-state index is 12.5. The van der Waals surface area contributed by atoms with Gasteiger partial charge in [0.2, 0.25) is 11.8 Å². The first-order chi connectivity index (χ1) is 13.0. The summed E-state index contributed by atoms with van der Waals surface area (Å²) >= 11 is 0. The van der Waals surface area contributed by atoms with E-state index in [-0.39, 0.29) is 23.9 Å². The van der Waals surface area contributed by atoms with Gasteiger partial charge in [-0.15, -0.1) is 0 Å². The lowest BCUT2D eigenvalue weighted by Crippen LogP contribution is -2.28. The summed E-state index contributed by atoms with van der Waals surface area (Å²) < 4.78 is 1.41. The zero-order valence-corrected chi connectivity index (χ0v) is 14.8. The first-order valence-electron chi connectivity index (χ1n) is 8.68. The molecule has 4 rings (SSSR count). The lowest BCUT2D eigenvalue weighted by Gasteiger charge is -2.15. The van der Waals surface area contributed by atoms with Gasteiger partial charge < -0.3 is 10.2 Å². The highest BCUT2D eigenvalue weighted by Gasteiger charge is 2.22. The number of benzene rings is 2. The van der Waals surface area contributed by atoms with Crippen molar-refractivity contribution in [3.8, 4) is 0 Å². The number of carbonyl (C=O) groups is 2. The van der Waals surface area contributed by atoms with Crippen LogP contribution >= 0.6 is 0 Å². The molecule has 2 aromatic carbocycles. The van der Waals surface area contributed by atoms with E-state index in [9.17, 15) is 14.4 Å². The van der Waals surface area contributed by atoms with Gasteiger partial charge in [-0.25, -0.2) is 4.98 Å². The Balaban J connectivity index is 1.55. The van der Waals surface area contributed by atoms with Crippen molar-refractivity contribution >= 4 is 34.2 Å². The minimum atomic E-state index is -0.324. The molecule has 7 heteroatoms. The summed E-state index contributed by atoms with van der Waals surface area (Å²) in [7, 11) is 0. The van der Waals surface area contributed by atoms with E-state index in [0.29, 0.717) is 23.3 Å². The van der Waals surface area contributed by atoms with Crippen molar-refractivity contribution in [1.82, 2.24) is 9.55 Å². The monoisotopic (exact) mass is 362 g/mol. The third-order valence-electron chi connectivity index (χ3n) is 4.69. The molecular weight excluding hydrogens is 344 g/mol. The van der Waals surface area contributed by atoms with Gasteiger partial charge in [0.15, 0.2) is 0 Å². The lowest BCUT2D eigenvalue weighted by atomic mass is 10.1. The van der Waals surface area contributed by atoms with E-state index in [1.807, 2.05) is 18.2 Å². The van der Waals surface area contributed by atoms with E-state index in [4.69, 9.17) is 0 Å². The molecule has 0 radical (unpaired) electrons. The molecule has 1 aromatic heterocycles. The SMILES string of the molecule is CC(=O)N1CCc2cc(NC(=O)Cn3c(=O)cnc4ccccc43)ccc21. The summed E-state index contributed by atoms with van der Waals surface area (Å²) in [6.07, 6.45) is 1.98. The van der Waals surface area contributed by atoms with E-state index >= 15 is 0 Å². The highest BCUT2D eigenvalue weighted by molar-refractivity contribution is 5.95. The molecule has 27 heavy (non-hydrogen) atoms. The molecule has 0 saturated heterocycles. The maximum atomic E-state index is 12.5. The first-order valence-corrected chi connectivity index (χ1v) is 8.68. The molecule has 7 nitrogen and oxygen atoms in total. The van der Waals surface area contributed by atoms with Gasteiger partial charge in [-0.2, -0.15) is 0 Å². The normalized spacial score (nSPS) is 12.9. The fourth-order valence-electron chi connectivity index (χ4n) is 3.43. The number of nitrogens with one attached hydrogen (secondary N) is 1. The maximum Gasteiger partial charge on any atom is 0.269 e. The van der Waals surface area contributed by atoms with E-state index in [1.165, 1.54) is 10.8 Å². The molecule has 2 heterocycles. The molecule has 1 N–H and O–H groups in total. The summed E-state index contributed by atoms with van der Waals surface area (Å²) in [5, 5.41) is 2.83. The molecule has 1 aliphatic rings. The third kappa shape index (κ3) is 3.19. The van der Waals surface area contributed by atoms with Gasteiger partial charge in [-0.3, -0.25) is 19.0 Å². The van der Waals surface area contributed by atoms with E-state index in [1.54, 1.807) is 36.1 Å². The number of carbonyl (C=O) groups excluding carboxylic acids is 2. The number of aromatic nitrogens is 2. The Bertz CT molecular complexity index is 1120. The van der Waals surface area contributed by atoms with Crippen LogP contribution in [0, 0.1) is 0 Å². The van der Waals surface area contributed by atoms with Crippen LogP contribution in [0.25, 0.3) is 11.0 Å². The molecule has 0 aliphatic carbocycles. The molecule has 2 amide bonds. The number of amides is 2. The second-order valence-electron chi connectivity index (χ2n) is 6.48. The largest absolute Gasteiger partial charge is 0.325 e. The van der Waals surface area contributed by atoms with Gasteiger partial charge in [-0.1, -0.05) is 12.1 Å². The van der Waals surface area contributed by atoms with Crippen molar-refractivity contribution in [2.75, 3.05) is 16.8 Å². The van der Waals surface area contributed by atoms with Gasteiger partial charge in [-0.05, 0) is 42.3 Å². The molecule has 0 bridgehead atoms. The average Bonchev–Trinajstić information content (AvgIpc) is 3.07. The molecular formula is C20H18N4O3. The Morgan fingerprint density at radius 1 is 1.19 bits per heavy atom. The van der Waals surface area contributed by atoms with Crippen LogP contribution in [0.3, 0.4) is 0 Å². The van der Waals surface area contributed by atoms with Crippen LogP contribution in [0.1, 0.15) is 12.5 Å². The molecule has 1 aliphatic heterocycles. The Kier molecular flexibility index (Phi) is 4.19. The van der Waals surface area contributed by atoms with Crippen molar-refractivity contribution in [2.45, 2.75) is 19.9 Å². The quantitative estimate of drug-likeness (QED) is 0.772. The minimum absolute atomic E-state index is 0.00877. The van der Waals surface area contributed by atoms with Gasteiger partial charge in [0.25, 0.3) is 5.56 Å². The molecule has 0 spiro atoms. The van der Waals surface area contributed by atoms with Crippen LogP contribution in [0.4, 0.5) is 11.4 Å². The first kappa shape index (κ1) is 17.0. The molecule has 136 valence electrons. The zero-order valence-electron chi connectivity index (χ0n) is 14.8. The van der Waals surface area contributed by atoms with Gasteiger partial charge in [0.05, 0.1) is 17.2 Å². The number of fused-ring (bicyclic) bond motifs is 2. The Labute approximate surface area is 155 Å². The summed E-state index contributed by atoms with van der Waals surface area (Å²) in [5.74, 6) is -0.288. The second-order valence-corrected chi connectivity index (χ2v) is 6.48. The molecule has 0 fully saturated rings. The topological polar surface area (TPSA) is 84.3 Å². The van der Waals surface area contributed by atoms with Crippen molar-refractivity contribution in [3.63, 3.8) is 0 Å². The highest BCUT2D eigenvalue weighted by atomic mass is 16.2. The standard InChI is InChI=1S/C20H18N4O3/c1-13(25)23-9-8-14-10-15(6-7-17(14)23)22-19(26)12-24-18-5-3-2-4-16(18)21-11-20(24)27/h2-7,10-11H,8-9,12H2,1H3,(H,22,26). The van der Waals surface area contributed by atoms with Crippen LogP contribution in [0.2, 0.25) is 0 Å². The fraction of sp³-hybridized carbons (Fsp3) is 0.200. The van der Waals surface area contributed by atoms with E-state index in [2.05, 4.69) is 10.3 Å². The van der Waals surface area contributed by atoms with Crippen molar-refractivity contribution in [2.24, 2.45) is 0 Å². The molecule has 0 saturated carbocycles. The number of hydrogen-bond donors (Lipinski definition) is 1. The summed E-state index contributed by atoms with van der Waals surface area (Å²) in [5.41, 5.74) is 3.51. The Morgan fingerprint density at radius 2 is 2.00 bits per heavy atom. The third-order valence-corrected chi connectivity index (χ3v) is 4.69. The zero-order chi connectivity index (χ0) is 19.0. The van der Waals surface area contributed by atoms with Gasteiger partial charge in [0.1, 0.15) is 6.54 Å². The summed E-state index contributed by atoms with van der Waals surface area (Å²) in [6.45, 7) is 2.10. The number of anilines is 2. The number of rotatable bonds is 3. The lowest BCUT2D eigenvalue weighted by molar-refractivity contribution is -0.117. The Hall–Kier alpha value is -3.48. The molecule has 0 unspecified atom stereocenters. The predicted molar refractivity (Wildman–Crippen MR) is 103 cm³/mol. The number of hydrogen-bond acceptors (Lipinski definition) is 4. The fourth-order valence-corrected chi connectivity index (χ4v) is 3.43. The minimum Gasteiger partial charge on any atom is -0.325 e. The van der Waals surface area contributed by atoms with Crippen LogP contribution in [-0.4, -0.2) is 27.9 Å². The summed E-state index contributed by atoms with van der Waals surface area (Å²) in [4.78, 5) is 42.1. The number of para-hydroxylation sites is 2. The molecule has 0 atom stereocenters. The van der Waals surface area contributed by atoms with Crippen molar-refractivity contribution in [3.05, 3.63) is 64.6 Å². The van der Waals surface area contributed by atoms with Crippen molar-refractivity contribution in [1.29, 1.82) is 0 Å². The van der Waals surface area contributed by atoms with Crippen LogP contribution in [0.5, 0.6) is 0 Å². The average molecular weight is 362 g/mol. The van der Waals surface area contributed by atoms with Gasteiger partial charge >= 0.3 is 0 Å². The van der Waals surface area contributed by atoms with Crippen LogP contribution in [0.15, 0.2) is 53.5 Å². The van der Waals surface area contributed by atoms with E-state index < -0.39 is 0 Å². The van der Waals surface area contributed by atoms with E-state index in [0.717, 1.165) is 17.7 Å². The highest BCUT2D eigenvalue weighted by Crippen LogP contribution is 2.30. The predicted octanol–water partition coefficient (Wildman–Crippen LogP) is 1.94. The van der Waals surface area contributed by atoms with Crippen molar-refractivity contribution < 1.29 is 9.59 Å². The molecule has 3 aromatic rings. The Morgan fingerprint density at radius 3 is 2.81 bits per heavy atom. The van der Waals surface area contributed by atoms with Gasteiger partial charge in [0, 0.05) is 24.8 Å². The van der Waals surface area contributed by atoms with Crippen LogP contribution in [-0.2, 0) is 22.6 Å². The van der Waals surface area contributed by atoms with Crippen LogP contribution < -0.4 is 15.8 Å². The second kappa shape index (κ2) is 6.68. The summed E-state index contributed by atoms with van der Waals surface area (Å²) in [6, 6.07) is 12.7. The smallest absolute Gasteiger partial charge is 0.269 e.